The largest absolute Gasteiger partial charge is 0.249 e. The van der Waals surface area contributed by atoms with Crippen molar-refractivity contribution in [3.63, 3.8) is 0 Å². The van der Waals surface area contributed by atoms with E-state index in [-0.39, 0.29) is 0 Å². The predicted octanol–water partition coefficient (Wildman–Crippen LogP) is 3.60. The number of hydrogen-bond donors (Lipinski definition) is 0. The lowest BCUT2D eigenvalue weighted by Gasteiger charge is -1.99. The van der Waals surface area contributed by atoms with E-state index in [9.17, 15) is 0 Å². The van der Waals surface area contributed by atoms with Crippen molar-refractivity contribution in [1.82, 2.24) is 4.98 Å². The van der Waals surface area contributed by atoms with Crippen LogP contribution in [0.15, 0.2) is 35.1 Å². The predicted molar refractivity (Wildman–Crippen MR) is 62.2 cm³/mol. The van der Waals surface area contributed by atoms with Crippen molar-refractivity contribution in [3.05, 3.63) is 38.6 Å². The van der Waals surface area contributed by atoms with Gasteiger partial charge < -0.3 is 0 Å². The summed E-state index contributed by atoms with van der Waals surface area (Å²) in [5, 5.41) is 2.39. The summed E-state index contributed by atoms with van der Waals surface area (Å²) in [5.41, 5.74) is 0. The van der Waals surface area contributed by atoms with E-state index in [0.29, 0.717) is 0 Å². The Morgan fingerprint density at radius 2 is 2.08 bits per heavy atom. The molecule has 0 atom stereocenters. The molecule has 0 amide bonds. The van der Waals surface area contributed by atoms with Crippen molar-refractivity contribution < 1.29 is 0 Å². The van der Waals surface area contributed by atoms with Crippen LogP contribution in [0.25, 0.3) is 10.8 Å². The number of nitrogens with zero attached hydrogens (tertiary/aromatic N) is 1. The van der Waals surface area contributed by atoms with Gasteiger partial charge in [0.1, 0.15) is 4.60 Å². The van der Waals surface area contributed by atoms with Gasteiger partial charge in [-0.15, -0.1) is 0 Å². The van der Waals surface area contributed by atoms with E-state index in [1.165, 1.54) is 14.3 Å². The maximum Gasteiger partial charge on any atom is 0.113 e. The standard InChI is InChI=1S/C9H5BrIN/c10-9-8-5-7(11)2-1-6(8)3-4-12-9/h1-5H. The summed E-state index contributed by atoms with van der Waals surface area (Å²) in [6.07, 6.45) is 1.80. The molecule has 0 bridgehead atoms. The van der Waals surface area contributed by atoms with Crippen LogP contribution >= 0.6 is 38.5 Å². The van der Waals surface area contributed by atoms with Crippen molar-refractivity contribution in [2.75, 3.05) is 0 Å². The fourth-order valence-corrected chi connectivity index (χ4v) is 2.06. The fourth-order valence-electron chi connectivity index (χ4n) is 1.11. The lowest BCUT2D eigenvalue weighted by Crippen LogP contribution is -1.79. The fraction of sp³-hybridized carbons (Fsp3) is 0. The highest BCUT2D eigenvalue weighted by molar-refractivity contribution is 14.1. The summed E-state index contributed by atoms with van der Waals surface area (Å²) in [6, 6.07) is 8.32. The van der Waals surface area contributed by atoms with E-state index in [1.807, 2.05) is 6.07 Å². The molecule has 0 spiro atoms. The van der Waals surface area contributed by atoms with E-state index >= 15 is 0 Å². The molecule has 0 aliphatic carbocycles. The zero-order valence-corrected chi connectivity index (χ0v) is 9.83. The van der Waals surface area contributed by atoms with Crippen molar-refractivity contribution >= 4 is 49.3 Å². The number of benzene rings is 1. The third kappa shape index (κ3) is 1.47. The Labute approximate surface area is 92.5 Å². The summed E-state index contributed by atoms with van der Waals surface area (Å²) in [7, 11) is 0. The first-order valence-electron chi connectivity index (χ1n) is 3.47. The number of pyridine rings is 1. The molecule has 0 aliphatic rings. The summed E-state index contributed by atoms with van der Waals surface area (Å²) in [5.74, 6) is 0. The molecule has 1 nitrogen and oxygen atoms in total. The van der Waals surface area contributed by atoms with Gasteiger partial charge in [0.05, 0.1) is 0 Å². The van der Waals surface area contributed by atoms with E-state index in [4.69, 9.17) is 0 Å². The summed E-state index contributed by atoms with van der Waals surface area (Å²) in [6.45, 7) is 0. The van der Waals surface area contributed by atoms with Gasteiger partial charge in [-0.05, 0) is 62.1 Å². The molecular weight excluding hydrogens is 329 g/mol. The second-order valence-corrected chi connectivity index (χ2v) is 4.46. The maximum absolute atomic E-state index is 4.16. The Bertz CT molecular complexity index is 428. The number of fused-ring (bicyclic) bond motifs is 1. The number of rotatable bonds is 0. The second-order valence-electron chi connectivity index (χ2n) is 2.47. The van der Waals surface area contributed by atoms with Crippen LogP contribution in [0.3, 0.4) is 0 Å². The quantitative estimate of drug-likeness (QED) is 0.530. The molecule has 0 fully saturated rings. The van der Waals surface area contributed by atoms with Gasteiger partial charge in [-0.2, -0.15) is 0 Å². The Hall–Kier alpha value is -0.160. The molecule has 0 N–H and O–H groups in total. The van der Waals surface area contributed by atoms with Gasteiger partial charge in [-0.1, -0.05) is 6.07 Å². The van der Waals surface area contributed by atoms with Gasteiger partial charge in [0.15, 0.2) is 0 Å². The minimum absolute atomic E-state index is 0.915. The van der Waals surface area contributed by atoms with Gasteiger partial charge in [-0.3, -0.25) is 0 Å². The van der Waals surface area contributed by atoms with Crippen molar-refractivity contribution in [1.29, 1.82) is 0 Å². The van der Waals surface area contributed by atoms with Crippen molar-refractivity contribution in [2.24, 2.45) is 0 Å². The van der Waals surface area contributed by atoms with Crippen LogP contribution in [0.5, 0.6) is 0 Å². The summed E-state index contributed by atoms with van der Waals surface area (Å²) >= 11 is 5.71. The molecule has 0 aliphatic heterocycles. The average molecular weight is 334 g/mol. The highest BCUT2D eigenvalue weighted by Gasteiger charge is 1.98. The average Bonchev–Trinajstić information content (AvgIpc) is 2.07. The molecular formula is C9H5BrIN. The van der Waals surface area contributed by atoms with Crippen LogP contribution in [0.2, 0.25) is 0 Å². The van der Waals surface area contributed by atoms with Gasteiger partial charge in [0.2, 0.25) is 0 Å². The smallest absolute Gasteiger partial charge is 0.113 e. The van der Waals surface area contributed by atoms with Gasteiger partial charge in [0.25, 0.3) is 0 Å². The third-order valence-corrected chi connectivity index (χ3v) is 2.98. The molecule has 60 valence electrons. The van der Waals surface area contributed by atoms with Crippen LogP contribution in [0.1, 0.15) is 0 Å². The minimum Gasteiger partial charge on any atom is -0.249 e. The Morgan fingerprint density at radius 3 is 2.92 bits per heavy atom. The molecule has 1 aromatic heterocycles. The molecule has 0 unspecified atom stereocenters. The van der Waals surface area contributed by atoms with E-state index in [1.54, 1.807) is 6.20 Å². The highest BCUT2D eigenvalue weighted by atomic mass is 127. The molecule has 1 aromatic carbocycles. The molecule has 2 aromatic rings. The molecule has 1 heterocycles. The van der Waals surface area contributed by atoms with Gasteiger partial charge in [0, 0.05) is 15.2 Å². The van der Waals surface area contributed by atoms with Crippen molar-refractivity contribution in [2.45, 2.75) is 0 Å². The summed E-state index contributed by atoms with van der Waals surface area (Å²) < 4.78 is 2.15. The maximum atomic E-state index is 4.16. The molecule has 0 saturated heterocycles. The highest BCUT2D eigenvalue weighted by Crippen LogP contribution is 2.22. The third-order valence-electron chi connectivity index (χ3n) is 1.68. The second kappa shape index (κ2) is 3.30. The molecule has 2 rings (SSSR count). The zero-order chi connectivity index (χ0) is 8.55. The molecule has 0 radical (unpaired) electrons. The molecule has 12 heavy (non-hydrogen) atoms. The first-order valence-corrected chi connectivity index (χ1v) is 5.34. The van der Waals surface area contributed by atoms with E-state index < -0.39 is 0 Å². The Morgan fingerprint density at radius 1 is 1.25 bits per heavy atom. The Kier molecular flexibility index (Phi) is 2.32. The number of halogens is 2. The minimum atomic E-state index is 0.915. The van der Waals surface area contributed by atoms with Crippen LogP contribution in [-0.2, 0) is 0 Å². The van der Waals surface area contributed by atoms with Gasteiger partial charge >= 0.3 is 0 Å². The lowest BCUT2D eigenvalue weighted by atomic mass is 10.2. The molecule has 0 saturated carbocycles. The molecule has 3 heteroatoms. The van der Waals surface area contributed by atoms with E-state index in [2.05, 4.69) is 61.7 Å². The van der Waals surface area contributed by atoms with Crippen LogP contribution in [-0.4, -0.2) is 4.98 Å². The number of hydrogen-bond acceptors (Lipinski definition) is 1. The van der Waals surface area contributed by atoms with E-state index in [0.717, 1.165) is 4.60 Å². The lowest BCUT2D eigenvalue weighted by molar-refractivity contribution is 1.31. The summed E-state index contributed by atoms with van der Waals surface area (Å²) in [4.78, 5) is 4.16. The Balaban J connectivity index is 2.88. The SMILES string of the molecule is Brc1nccc2ccc(I)cc12. The van der Waals surface area contributed by atoms with Crippen molar-refractivity contribution in [3.8, 4) is 0 Å². The van der Waals surface area contributed by atoms with Crippen LogP contribution < -0.4 is 0 Å². The first kappa shape index (κ1) is 8.44. The normalized spacial score (nSPS) is 10.5. The zero-order valence-electron chi connectivity index (χ0n) is 6.09. The van der Waals surface area contributed by atoms with Crippen LogP contribution in [0.4, 0.5) is 0 Å². The first-order chi connectivity index (χ1) is 5.77. The topological polar surface area (TPSA) is 12.9 Å². The van der Waals surface area contributed by atoms with Crippen LogP contribution in [0, 0.1) is 3.57 Å². The monoisotopic (exact) mass is 333 g/mol. The number of aromatic nitrogens is 1. The van der Waals surface area contributed by atoms with Gasteiger partial charge in [-0.25, -0.2) is 4.98 Å².